The van der Waals surface area contributed by atoms with Crippen LogP contribution in [-0.2, 0) is 0 Å². The fourth-order valence-corrected chi connectivity index (χ4v) is 2.50. The van der Waals surface area contributed by atoms with Crippen molar-refractivity contribution in [1.82, 2.24) is 4.90 Å². The third-order valence-corrected chi connectivity index (χ3v) is 3.83. The second kappa shape index (κ2) is 5.85. The summed E-state index contributed by atoms with van der Waals surface area (Å²) in [5, 5.41) is 8.74. The number of amides is 1. The van der Waals surface area contributed by atoms with Gasteiger partial charge in [-0.3, -0.25) is 4.79 Å². The van der Waals surface area contributed by atoms with E-state index in [0.717, 1.165) is 25.9 Å². The van der Waals surface area contributed by atoms with E-state index in [1.165, 1.54) is 0 Å². The van der Waals surface area contributed by atoms with Gasteiger partial charge in [-0.05, 0) is 49.9 Å². The molecule has 0 aliphatic carbocycles. The first-order valence-corrected chi connectivity index (χ1v) is 6.67. The lowest BCUT2D eigenvalue weighted by molar-refractivity contribution is 0.0681. The second-order valence-corrected chi connectivity index (χ2v) is 5.18. The summed E-state index contributed by atoms with van der Waals surface area (Å²) >= 11 is 0. The fraction of sp³-hybridized carbons (Fsp3) is 0.467. The molecule has 1 heterocycles. The van der Waals surface area contributed by atoms with Crippen LogP contribution < -0.4 is 5.73 Å². The Morgan fingerprint density at radius 2 is 1.95 bits per heavy atom. The van der Waals surface area contributed by atoms with Crippen LogP contribution in [0.3, 0.4) is 0 Å². The van der Waals surface area contributed by atoms with E-state index in [0.29, 0.717) is 17.0 Å². The number of nitrogens with zero attached hydrogens (tertiary/aromatic N) is 2. The number of piperidine rings is 1. The predicted molar refractivity (Wildman–Crippen MR) is 73.4 cm³/mol. The van der Waals surface area contributed by atoms with Crippen LogP contribution in [0, 0.1) is 17.2 Å². The molecule has 1 aliphatic heterocycles. The highest BCUT2D eigenvalue weighted by Crippen LogP contribution is 2.21. The number of hydrogen-bond donors (Lipinski definition) is 1. The predicted octanol–water partition coefficient (Wildman–Crippen LogP) is 1.76. The summed E-state index contributed by atoms with van der Waals surface area (Å²) in [7, 11) is 0. The van der Waals surface area contributed by atoms with Crippen LogP contribution in [0.25, 0.3) is 0 Å². The quantitative estimate of drug-likeness (QED) is 0.877. The molecule has 0 spiro atoms. The van der Waals surface area contributed by atoms with Gasteiger partial charge >= 0.3 is 0 Å². The lowest BCUT2D eigenvalue weighted by atomic mass is 9.90. The van der Waals surface area contributed by atoms with E-state index in [2.05, 4.69) is 6.07 Å². The Labute approximate surface area is 113 Å². The van der Waals surface area contributed by atoms with Crippen molar-refractivity contribution in [3.8, 4) is 6.07 Å². The summed E-state index contributed by atoms with van der Waals surface area (Å²) in [6.07, 6.45) is 1.94. The third kappa shape index (κ3) is 3.12. The summed E-state index contributed by atoms with van der Waals surface area (Å²) in [5.41, 5.74) is 7.12. The maximum atomic E-state index is 12.3. The molecule has 4 heteroatoms. The first-order chi connectivity index (χ1) is 9.11. The molecule has 1 amide bonds. The monoisotopic (exact) mass is 257 g/mol. The van der Waals surface area contributed by atoms with E-state index >= 15 is 0 Å². The van der Waals surface area contributed by atoms with Crippen molar-refractivity contribution in [2.45, 2.75) is 25.8 Å². The van der Waals surface area contributed by atoms with Crippen LogP contribution in [0.15, 0.2) is 24.3 Å². The van der Waals surface area contributed by atoms with Gasteiger partial charge in [0.1, 0.15) is 0 Å². The van der Waals surface area contributed by atoms with Crippen LogP contribution >= 0.6 is 0 Å². The molecular formula is C15H19N3O. The Bertz CT molecular complexity index is 479. The highest BCUT2D eigenvalue weighted by atomic mass is 16.2. The van der Waals surface area contributed by atoms with Crippen molar-refractivity contribution in [2.75, 3.05) is 13.1 Å². The summed E-state index contributed by atoms with van der Waals surface area (Å²) < 4.78 is 0. The highest BCUT2D eigenvalue weighted by Gasteiger charge is 2.25. The topological polar surface area (TPSA) is 70.1 Å². The van der Waals surface area contributed by atoms with Crippen molar-refractivity contribution in [1.29, 1.82) is 5.26 Å². The van der Waals surface area contributed by atoms with Crippen LogP contribution in [0.2, 0.25) is 0 Å². The van der Waals surface area contributed by atoms with Crippen LogP contribution in [-0.4, -0.2) is 29.9 Å². The Morgan fingerprint density at radius 3 is 2.42 bits per heavy atom. The lowest BCUT2D eigenvalue weighted by Gasteiger charge is -2.33. The molecular weight excluding hydrogens is 238 g/mol. The Morgan fingerprint density at radius 1 is 1.37 bits per heavy atom. The van der Waals surface area contributed by atoms with E-state index in [1.54, 1.807) is 24.3 Å². The molecule has 0 bridgehead atoms. The van der Waals surface area contributed by atoms with Crippen LogP contribution in [0.5, 0.6) is 0 Å². The molecule has 2 rings (SSSR count). The van der Waals surface area contributed by atoms with Crippen molar-refractivity contribution in [3.05, 3.63) is 35.4 Å². The first-order valence-electron chi connectivity index (χ1n) is 6.67. The molecule has 1 saturated heterocycles. The molecule has 1 atom stereocenters. The highest BCUT2D eigenvalue weighted by molar-refractivity contribution is 5.94. The molecule has 19 heavy (non-hydrogen) atoms. The number of likely N-dealkylation sites (tertiary alicyclic amines) is 1. The normalized spacial score (nSPS) is 17.8. The smallest absolute Gasteiger partial charge is 0.253 e. The van der Waals surface area contributed by atoms with Gasteiger partial charge in [-0.25, -0.2) is 0 Å². The van der Waals surface area contributed by atoms with E-state index in [1.807, 2.05) is 11.8 Å². The zero-order valence-corrected chi connectivity index (χ0v) is 11.2. The largest absolute Gasteiger partial charge is 0.339 e. The summed E-state index contributed by atoms with van der Waals surface area (Å²) in [6.45, 7) is 3.57. The lowest BCUT2D eigenvalue weighted by Crippen LogP contribution is -2.42. The van der Waals surface area contributed by atoms with Crippen molar-refractivity contribution in [3.63, 3.8) is 0 Å². The first kappa shape index (κ1) is 13.6. The minimum atomic E-state index is 0.0487. The second-order valence-electron chi connectivity index (χ2n) is 5.18. The Balaban J connectivity index is 1.99. The SMILES string of the molecule is CC(N)C1CCN(C(=O)c2ccc(C#N)cc2)CC1. The summed E-state index contributed by atoms with van der Waals surface area (Å²) in [5.74, 6) is 0.567. The molecule has 2 N–H and O–H groups in total. The van der Waals surface area contributed by atoms with Gasteiger partial charge < -0.3 is 10.6 Å². The van der Waals surface area contributed by atoms with Gasteiger partial charge in [0, 0.05) is 24.7 Å². The van der Waals surface area contributed by atoms with Gasteiger partial charge in [-0.2, -0.15) is 5.26 Å². The van der Waals surface area contributed by atoms with E-state index in [-0.39, 0.29) is 11.9 Å². The number of rotatable bonds is 2. The van der Waals surface area contributed by atoms with E-state index < -0.39 is 0 Å². The minimum absolute atomic E-state index is 0.0487. The average Bonchev–Trinajstić information content (AvgIpc) is 2.46. The summed E-state index contributed by atoms with van der Waals surface area (Å²) in [6, 6.07) is 9.06. The summed E-state index contributed by atoms with van der Waals surface area (Å²) in [4.78, 5) is 14.2. The number of nitriles is 1. The van der Waals surface area contributed by atoms with E-state index in [4.69, 9.17) is 11.0 Å². The number of carbonyl (C=O) groups is 1. The number of benzene rings is 1. The Kier molecular flexibility index (Phi) is 4.18. The standard InChI is InChI=1S/C15H19N3O/c1-11(17)13-6-8-18(9-7-13)15(19)14-4-2-12(10-16)3-5-14/h2-5,11,13H,6-9,17H2,1H3. The molecule has 1 fully saturated rings. The van der Waals surface area contributed by atoms with Gasteiger partial charge in [0.15, 0.2) is 0 Å². The number of carbonyl (C=O) groups excluding carboxylic acids is 1. The van der Waals surface area contributed by atoms with Gasteiger partial charge in [0.25, 0.3) is 5.91 Å². The van der Waals surface area contributed by atoms with Crippen molar-refractivity contribution < 1.29 is 4.79 Å². The third-order valence-electron chi connectivity index (χ3n) is 3.83. The zero-order valence-electron chi connectivity index (χ0n) is 11.2. The van der Waals surface area contributed by atoms with Crippen molar-refractivity contribution in [2.24, 2.45) is 11.7 Å². The molecule has 0 aromatic heterocycles. The van der Waals surface area contributed by atoms with Gasteiger partial charge in [0.2, 0.25) is 0 Å². The number of hydrogen-bond acceptors (Lipinski definition) is 3. The molecule has 1 unspecified atom stereocenters. The minimum Gasteiger partial charge on any atom is -0.339 e. The molecule has 1 aromatic rings. The molecule has 1 aliphatic rings. The number of nitrogens with two attached hydrogens (primary N) is 1. The maximum Gasteiger partial charge on any atom is 0.253 e. The maximum absolute atomic E-state index is 12.3. The molecule has 0 saturated carbocycles. The van der Waals surface area contributed by atoms with E-state index in [9.17, 15) is 4.79 Å². The molecule has 100 valence electrons. The Hall–Kier alpha value is -1.86. The van der Waals surface area contributed by atoms with Crippen LogP contribution in [0.1, 0.15) is 35.7 Å². The zero-order chi connectivity index (χ0) is 13.8. The average molecular weight is 257 g/mol. The van der Waals surface area contributed by atoms with Gasteiger partial charge in [0.05, 0.1) is 11.6 Å². The van der Waals surface area contributed by atoms with Crippen LogP contribution in [0.4, 0.5) is 0 Å². The molecule has 1 aromatic carbocycles. The fourth-order valence-electron chi connectivity index (χ4n) is 2.50. The van der Waals surface area contributed by atoms with Gasteiger partial charge in [-0.1, -0.05) is 0 Å². The van der Waals surface area contributed by atoms with Crippen molar-refractivity contribution >= 4 is 5.91 Å². The van der Waals surface area contributed by atoms with Gasteiger partial charge in [-0.15, -0.1) is 0 Å². The molecule has 0 radical (unpaired) electrons. The molecule has 4 nitrogen and oxygen atoms in total.